The van der Waals surface area contributed by atoms with Gasteiger partial charge >= 0.3 is 13.3 Å². The summed E-state index contributed by atoms with van der Waals surface area (Å²) in [5.74, 6) is 0. The van der Waals surface area contributed by atoms with Crippen molar-refractivity contribution in [3.05, 3.63) is 59.7 Å². The molecule has 0 radical (unpaired) electrons. The van der Waals surface area contributed by atoms with Gasteiger partial charge in [-0.1, -0.05) is 42.5 Å². The van der Waals surface area contributed by atoms with Crippen LogP contribution in [0.3, 0.4) is 0 Å². The molecule has 0 bridgehead atoms. The molecule has 0 atom stereocenters. The summed E-state index contributed by atoms with van der Waals surface area (Å²) in [6.07, 6.45) is 0. The van der Waals surface area contributed by atoms with Crippen molar-refractivity contribution in [3.8, 4) is 11.1 Å². The summed E-state index contributed by atoms with van der Waals surface area (Å²) in [4.78, 5) is 0. The first-order valence-corrected chi connectivity index (χ1v) is 9.50. The third-order valence-electron chi connectivity index (χ3n) is 3.62. The number of aliphatic hydroxyl groups is 1. The second-order valence-corrected chi connectivity index (χ2v) is 7.38. The van der Waals surface area contributed by atoms with Gasteiger partial charge in [-0.05, 0) is 36.6 Å². The molecule has 0 aliphatic heterocycles. The van der Waals surface area contributed by atoms with E-state index in [4.69, 9.17) is 14.2 Å². The first-order valence-electron chi connectivity index (χ1n) is 7.95. The van der Waals surface area contributed by atoms with E-state index in [9.17, 15) is 13.3 Å². The monoisotopic (exact) mass is 370 g/mol. The Hall–Kier alpha value is -1.59. The largest absolute Gasteiger partial charge is 0.404 e. The first-order chi connectivity index (χ1) is 11.9. The molecule has 0 unspecified atom stereocenters. The van der Waals surface area contributed by atoms with Crippen molar-refractivity contribution >= 4 is 7.60 Å². The van der Waals surface area contributed by atoms with E-state index >= 15 is 0 Å². The summed E-state index contributed by atoms with van der Waals surface area (Å²) in [6.45, 7) is 2.59. The first kappa shape index (κ1) is 19.7. The number of rotatable bonds is 8. The average Bonchev–Trinajstić information content (AvgIpc) is 2.62. The highest BCUT2D eigenvalue weighted by atomic mass is 31.2. The Morgan fingerprint density at radius 3 is 2.12 bits per heavy atom. The standard InChI is InChI=1S/C18H21F2O4P/c1-3-23-25(22,24-4-2)18(19,20)17-7-5-6-16(12-17)15-10-8-14(13-21)9-11-15/h5-12,21H,3-4,13H2,1-2H3. The highest BCUT2D eigenvalue weighted by Crippen LogP contribution is 2.66. The molecule has 7 heteroatoms. The normalized spacial score (nSPS) is 12.4. The van der Waals surface area contributed by atoms with Crippen LogP contribution in [-0.4, -0.2) is 18.3 Å². The predicted molar refractivity (Wildman–Crippen MR) is 92.6 cm³/mol. The summed E-state index contributed by atoms with van der Waals surface area (Å²) in [5, 5.41) is 9.08. The quantitative estimate of drug-likeness (QED) is 0.652. The molecule has 2 aromatic carbocycles. The van der Waals surface area contributed by atoms with Crippen LogP contribution in [0.2, 0.25) is 0 Å². The van der Waals surface area contributed by atoms with Gasteiger partial charge in [0.15, 0.2) is 0 Å². The summed E-state index contributed by atoms with van der Waals surface area (Å²) < 4.78 is 51.9. The molecule has 0 spiro atoms. The molecule has 4 nitrogen and oxygen atoms in total. The minimum absolute atomic E-state index is 0.0930. The number of benzene rings is 2. The van der Waals surface area contributed by atoms with Gasteiger partial charge in [0.05, 0.1) is 19.8 Å². The summed E-state index contributed by atoms with van der Waals surface area (Å²) in [5.41, 5.74) is -2.22. The van der Waals surface area contributed by atoms with Gasteiger partial charge in [0.25, 0.3) is 0 Å². The minimum atomic E-state index is -4.63. The van der Waals surface area contributed by atoms with Crippen LogP contribution < -0.4 is 0 Å². The Bertz CT molecular complexity index is 737. The van der Waals surface area contributed by atoms with Crippen LogP contribution in [-0.2, 0) is 25.9 Å². The molecular weight excluding hydrogens is 349 g/mol. The van der Waals surface area contributed by atoms with Crippen molar-refractivity contribution in [2.24, 2.45) is 0 Å². The molecule has 0 saturated heterocycles. The van der Waals surface area contributed by atoms with E-state index in [1.165, 1.54) is 32.0 Å². The average molecular weight is 370 g/mol. The molecule has 2 aromatic rings. The van der Waals surface area contributed by atoms with E-state index in [0.717, 1.165) is 5.56 Å². The summed E-state index contributed by atoms with van der Waals surface area (Å²) >= 11 is 0. The Morgan fingerprint density at radius 1 is 1.00 bits per heavy atom. The van der Waals surface area contributed by atoms with Crippen LogP contribution in [0.5, 0.6) is 0 Å². The minimum Gasteiger partial charge on any atom is -0.392 e. The number of hydrogen-bond acceptors (Lipinski definition) is 4. The molecule has 0 fully saturated rings. The topological polar surface area (TPSA) is 55.8 Å². The van der Waals surface area contributed by atoms with Crippen molar-refractivity contribution in [1.82, 2.24) is 0 Å². The maximum atomic E-state index is 14.8. The Balaban J connectivity index is 2.43. The molecule has 1 N–H and O–H groups in total. The maximum absolute atomic E-state index is 14.8. The molecule has 0 aliphatic rings. The van der Waals surface area contributed by atoms with Crippen LogP contribution in [0.25, 0.3) is 11.1 Å². The van der Waals surface area contributed by atoms with E-state index in [2.05, 4.69) is 0 Å². The molecule has 2 rings (SSSR count). The molecule has 25 heavy (non-hydrogen) atoms. The van der Waals surface area contributed by atoms with E-state index < -0.39 is 18.8 Å². The van der Waals surface area contributed by atoms with E-state index in [-0.39, 0.29) is 19.8 Å². The fourth-order valence-corrected chi connectivity index (χ4v) is 3.92. The third kappa shape index (κ3) is 4.15. The van der Waals surface area contributed by atoms with E-state index in [0.29, 0.717) is 11.1 Å². The predicted octanol–water partition coefficient (Wildman–Crippen LogP) is 5.16. The second kappa shape index (κ2) is 8.19. The number of aliphatic hydroxyl groups excluding tert-OH is 1. The fourth-order valence-electron chi connectivity index (χ4n) is 2.39. The smallest absolute Gasteiger partial charge is 0.392 e. The van der Waals surface area contributed by atoms with Crippen molar-refractivity contribution in [1.29, 1.82) is 0 Å². The van der Waals surface area contributed by atoms with Gasteiger partial charge in [-0.2, -0.15) is 8.78 Å². The zero-order valence-electron chi connectivity index (χ0n) is 14.1. The van der Waals surface area contributed by atoms with Crippen molar-refractivity contribution < 1.29 is 27.5 Å². The Kier molecular flexibility index (Phi) is 6.47. The SMILES string of the molecule is CCOP(=O)(OCC)C(F)(F)c1cccc(-c2ccc(CO)cc2)c1. The number of hydrogen-bond donors (Lipinski definition) is 1. The lowest BCUT2D eigenvalue weighted by Crippen LogP contribution is -2.18. The van der Waals surface area contributed by atoms with Gasteiger partial charge in [-0.3, -0.25) is 4.57 Å². The maximum Gasteiger partial charge on any atom is 0.404 e. The van der Waals surface area contributed by atoms with Gasteiger partial charge in [-0.25, -0.2) is 0 Å². The van der Waals surface area contributed by atoms with E-state index in [1.807, 2.05) is 0 Å². The van der Waals surface area contributed by atoms with Crippen LogP contribution in [0.15, 0.2) is 48.5 Å². The zero-order valence-corrected chi connectivity index (χ0v) is 15.0. The zero-order chi connectivity index (χ0) is 18.5. The molecule has 0 aliphatic carbocycles. The van der Waals surface area contributed by atoms with Gasteiger partial charge < -0.3 is 14.2 Å². The molecule has 136 valence electrons. The number of halogens is 2. The van der Waals surface area contributed by atoms with Gasteiger partial charge in [-0.15, -0.1) is 0 Å². The lowest BCUT2D eigenvalue weighted by Gasteiger charge is -2.26. The Morgan fingerprint density at radius 2 is 1.60 bits per heavy atom. The second-order valence-electron chi connectivity index (χ2n) is 5.31. The number of alkyl halides is 2. The Labute approximate surface area is 145 Å². The third-order valence-corrected chi connectivity index (χ3v) is 5.76. The highest BCUT2D eigenvalue weighted by Gasteiger charge is 2.54. The van der Waals surface area contributed by atoms with Gasteiger partial charge in [0, 0.05) is 5.56 Å². The van der Waals surface area contributed by atoms with Crippen LogP contribution in [0.4, 0.5) is 8.78 Å². The lowest BCUT2D eigenvalue weighted by molar-refractivity contribution is 0.0361. The van der Waals surface area contributed by atoms with Crippen LogP contribution in [0, 0.1) is 0 Å². The van der Waals surface area contributed by atoms with Crippen molar-refractivity contribution in [2.45, 2.75) is 26.1 Å². The summed E-state index contributed by atoms with van der Waals surface area (Å²) in [7, 11) is -4.63. The molecular formula is C18H21F2O4P. The molecule has 0 saturated carbocycles. The van der Waals surface area contributed by atoms with Gasteiger partial charge in [0.1, 0.15) is 0 Å². The molecule has 0 heterocycles. The molecule has 0 amide bonds. The highest BCUT2D eigenvalue weighted by molar-refractivity contribution is 7.54. The van der Waals surface area contributed by atoms with Gasteiger partial charge in [0.2, 0.25) is 0 Å². The lowest BCUT2D eigenvalue weighted by atomic mass is 10.0. The molecule has 0 aromatic heterocycles. The van der Waals surface area contributed by atoms with Crippen LogP contribution >= 0.6 is 7.60 Å². The van der Waals surface area contributed by atoms with Crippen LogP contribution in [0.1, 0.15) is 25.0 Å². The summed E-state index contributed by atoms with van der Waals surface area (Å²) in [6, 6.07) is 12.5. The van der Waals surface area contributed by atoms with Crippen molar-refractivity contribution in [3.63, 3.8) is 0 Å². The fraction of sp³-hybridized carbons (Fsp3) is 0.333. The van der Waals surface area contributed by atoms with E-state index in [1.54, 1.807) is 30.3 Å². The van der Waals surface area contributed by atoms with Crippen molar-refractivity contribution in [2.75, 3.05) is 13.2 Å².